The third-order valence-corrected chi connectivity index (χ3v) is 4.69. The maximum Gasteiger partial charge on any atom is 0.0720 e. The molecule has 22 heavy (non-hydrogen) atoms. The van der Waals surface area contributed by atoms with Crippen LogP contribution in [0.4, 0.5) is 0 Å². The van der Waals surface area contributed by atoms with Gasteiger partial charge < -0.3 is 9.84 Å². The molecule has 2 rings (SSSR count). The molecule has 3 nitrogen and oxygen atoms in total. The molecule has 0 amide bonds. The Morgan fingerprint density at radius 2 is 1.68 bits per heavy atom. The average molecular weight is 305 g/mol. The summed E-state index contributed by atoms with van der Waals surface area (Å²) in [6, 6.07) is 10.4. The first kappa shape index (κ1) is 17.5. The van der Waals surface area contributed by atoms with Crippen molar-refractivity contribution in [3.8, 4) is 0 Å². The third kappa shape index (κ3) is 4.31. The Hall–Kier alpha value is -0.900. The van der Waals surface area contributed by atoms with Gasteiger partial charge in [-0.2, -0.15) is 0 Å². The minimum absolute atomic E-state index is 0.0279. The van der Waals surface area contributed by atoms with Gasteiger partial charge in [-0.25, -0.2) is 0 Å². The van der Waals surface area contributed by atoms with Crippen molar-refractivity contribution in [3.63, 3.8) is 0 Å². The molecule has 1 atom stereocenters. The highest BCUT2D eigenvalue weighted by molar-refractivity contribution is 5.13. The van der Waals surface area contributed by atoms with Gasteiger partial charge in [0.05, 0.1) is 18.8 Å². The first-order chi connectivity index (χ1) is 10.2. The number of nitrogens with zero attached hydrogens (tertiary/aromatic N) is 1. The average Bonchev–Trinajstić information content (AvgIpc) is 2.41. The first-order valence-electron chi connectivity index (χ1n) is 8.32. The summed E-state index contributed by atoms with van der Waals surface area (Å²) >= 11 is 0. The van der Waals surface area contributed by atoms with Crippen LogP contribution >= 0.6 is 0 Å². The molecule has 124 valence electrons. The molecule has 1 saturated heterocycles. The van der Waals surface area contributed by atoms with E-state index in [1.54, 1.807) is 0 Å². The van der Waals surface area contributed by atoms with Crippen LogP contribution in [0.25, 0.3) is 0 Å². The topological polar surface area (TPSA) is 32.7 Å². The zero-order valence-corrected chi connectivity index (χ0v) is 14.7. The van der Waals surface area contributed by atoms with E-state index >= 15 is 0 Å². The van der Waals surface area contributed by atoms with Crippen molar-refractivity contribution in [2.45, 2.75) is 77.4 Å². The van der Waals surface area contributed by atoms with Crippen LogP contribution in [0.15, 0.2) is 30.3 Å². The number of aliphatic hydroxyl groups excluding tert-OH is 1. The van der Waals surface area contributed by atoms with Crippen LogP contribution in [0.2, 0.25) is 0 Å². The van der Waals surface area contributed by atoms with E-state index in [0.717, 1.165) is 12.8 Å². The molecular formula is C19H31NO2. The summed E-state index contributed by atoms with van der Waals surface area (Å²) in [5, 5.41) is 9.81. The molecular weight excluding hydrogens is 274 g/mol. The lowest BCUT2D eigenvalue weighted by molar-refractivity contribution is -0.118. The second kappa shape index (κ2) is 6.69. The highest BCUT2D eigenvalue weighted by Crippen LogP contribution is 2.39. The zero-order valence-electron chi connectivity index (χ0n) is 14.7. The highest BCUT2D eigenvalue weighted by Gasteiger charge is 2.45. The van der Waals surface area contributed by atoms with Crippen LogP contribution in [0.5, 0.6) is 0 Å². The van der Waals surface area contributed by atoms with E-state index < -0.39 is 0 Å². The molecule has 1 heterocycles. The Morgan fingerprint density at radius 3 is 2.18 bits per heavy atom. The van der Waals surface area contributed by atoms with Crippen LogP contribution in [0.1, 0.15) is 53.0 Å². The van der Waals surface area contributed by atoms with E-state index in [9.17, 15) is 5.11 Å². The Bertz CT molecular complexity index is 450. The molecule has 1 unspecified atom stereocenters. The van der Waals surface area contributed by atoms with Crippen molar-refractivity contribution in [1.82, 2.24) is 4.90 Å². The first-order valence-corrected chi connectivity index (χ1v) is 8.32. The molecule has 0 saturated carbocycles. The van der Waals surface area contributed by atoms with Gasteiger partial charge >= 0.3 is 0 Å². The molecule has 0 spiro atoms. The summed E-state index contributed by atoms with van der Waals surface area (Å²) in [6.45, 7) is 12.3. The normalized spacial score (nSPS) is 23.4. The number of ether oxygens (including phenoxy) is 1. The monoisotopic (exact) mass is 305 g/mol. The summed E-state index contributed by atoms with van der Waals surface area (Å²) < 4.78 is 6.20. The van der Waals surface area contributed by atoms with Gasteiger partial charge in [0.25, 0.3) is 0 Å². The van der Waals surface area contributed by atoms with Gasteiger partial charge in [0.2, 0.25) is 0 Å². The molecule has 0 radical (unpaired) electrons. The summed E-state index contributed by atoms with van der Waals surface area (Å²) in [6.07, 6.45) is 1.95. The van der Waals surface area contributed by atoms with Gasteiger partial charge in [-0.3, -0.25) is 4.90 Å². The Labute approximate surface area is 135 Å². The number of benzene rings is 1. The van der Waals surface area contributed by atoms with E-state index in [2.05, 4.69) is 56.9 Å². The quantitative estimate of drug-likeness (QED) is 0.902. The molecule has 1 N–H and O–H groups in total. The fraction of sp³-hybridized carbons (Fsp3) is 0.684. The summed E-state index contributed by atoms with van der Waals surface area (Å²) in [5.41, 5.74) is 1.28. The van der Waals surface area contributed by atoms with Gasteiger partial charge in [0.1, 0.15) is 0 Å². The van der Waals surface area contributed by atoms with E-state index in [4.69, 9.17) is 4.74 Å². The SMILES string of the molecule is CC(O)CN1C(C)(C)CC(OCc2ccccc2)CC1(C)C. The molecule has 0 aliphatic carbocycles. The van der Waals surface area contributed by atoms with E-state index in [-0.39, 0.29) is 23.3 Å². The highest BCUT2D eigenvalue weighted by atomic mass is 16.5. The molecule has 0 aromatic heterocycles. The smallest absolute Gasteiger partial charge is 0.0720 e. The van der Waals surface area contributed by atoms with Crippen LogP contribution in [-0.4, -0.2) is 39.8 Å². The molecule has 3 heteroatoms. The predicted octanol–water partition coefficient (Wildman–Crippen LogP) is 3.61. The number of aliphatic hydroxyl groups is 1. The number of hydrogen-bond acceptors (Lipinski definition) is 3. The number of likely N-dealkylation sites (tertiary alicyclic amines) is 1. The maximum absolute atomic E-state index is 9.81. The lowest BCUT2D eigenvalue weighted by Crippen LogP contribution is -2.63. The molecule has 1 aliphatic heterocycles. The predicted molar refractivity (Wildman–Crippen MR) is 90.8 cm³/mol. The van der Waals surface area contributed by atoms with Gasteiger partial charge in [-0.15, -0.1) is 0 Å². The standard InChI is InChI=1S/C19H31NO2/c1-15(21)13-20-18(2,3)11-17(12-19(20,4)5)22-14-16-9-7-6-8-10-16/h6-10,15,17,21H,11-14H2,1-5H3. The molecule has 1 fully saturated rings. The lowest BCUT2D eigenvalue weighted by atomic mass is 9.78. The van der Waals surface area contributed by atoms with Gasteiger partial charge in [0.15, 0.2) is 0 Å². The second-order valence-corrected chi connectivity index (χ2v) is 7.91. The van der Waals surface area contributed by atoms with Crippen molar-refractivity contribution >= 4 is 0 Å². The molecule has 1 aromatic rings. The van der Waals surface area contributed by atoms with Crippen LogP contribution in [-0.2, 0) is 11.3 Å². The zero-order chi connectivity index (χ0) is 16.4. The van der Waals surface area contributed by atoms with E-state index in [1.807, 2.05) is 13.0 Å². The van der Waals surface area contributed by atoms with Crippen molar-refractivity contribution in [2.75, 3.05) is 6.54 Å². The third-order valence-electron chi connectivity index (χ3n) is 4.69. The van der Waals surface area contributed by atoms with E-state index in [1.165, 1.54) is 5.56 Å². The van der Waals surface area contributed by atoms with Crippen LogP contribution in [0, 0.1) is 0 Å². The number of piperidine rings is 1. The van der Waals surface area contributed by atoms with Gasteiger partial charge in [0, 0.05) is 17.6 Å². The van der Waals surface area contributed by atoms with E-state index in [0.29, 0.717) is 13.2 Å². The van der Waals surface area contributed by atoms with Crippen molar-refractivity contribution in [2.24, 2.45) is 0 Å². The number of β-amino-alcohol motifs (C(OH)–C–C–N with tert-alkyl or cyclic N) is 1. The molecule has 1 aromatic carbocycles. The fourth-order valence-electron chi connectivity index (χ4n) is 3.89. The largest absolute Gasteiger partial charge is 0.392 e. The van der Waals surface area contributed by atoms with Gasteiger partial charge in [-0.1, -0.05) is 30.3 Å². The fourth-order valence-corrected chi connectivity index (χ4v) is 3.89. The summed E-state index contributed by atoms with van der Waals surface area (Å²) in [4.78, 5) is 2.44. The lowest BCUT2D eigenvalue weighted by Gasteiger charge is -2.55. The van der Waals surface area contributed by atoms with Crippen molar-refractivity contribution < 1.29 is 9.84 Å². The number of rotatable bonds is 5. The molecule has 0 bridgehead atoms. The Morgan fingerprint density at radius 1 is 1.14 bits per heavy atom. The van der Waals surface area contributed by atoms with Crippen LogP contribution in [0.3, 0.4) is 0 Å². The Balaban J connectivity index is 2.02. The maximum atomic E-state index is 9.81. The van der Waals surface area contributed by atoms with Crippen LogP contribution < -0.4 is 0 Å². The summed E-state index contributed by atoms with van der Waals surface area (Å²) in [5.74, 6) is 0. The molecule has 1 aliphatic rings. The minimum atomic E-state index is -0.305. The van der Waals surface area contributed by atoms with Crippen molar-refractivity contribution in [1.29, 1.82) is 0 Å². The minimum Gasteiger partial charge on any atom is -0.392 e. The van der Waals surface area contributed by atoms with Gasteiger partial charge in [-0.05, 0) is 53.0 Å². The second-order valence-electron chi connectivity index (χ2n) is 7.91. The summed E-state index contributed by atoms with van der Waals surface area (Å²) in [7, 11) is 0. The Kier molecular flexibility index (Phi) is 5.31. The van der Waals surface area contributed by atoms with Crippen molar-refractivity contribution in [3.05, 3.63) is 35.9 Å². The number of hydrogen-bond donors (Lipinski definition) is 1.